The van der Waals surface area contributed by atoms with Crippen molar-refractivity contribution in [3.8, 4) is 11.4 Å². The van der Waals surface area contributed by atoms with Gasteiger partial charge in [-0.2, -0.15) is 0 Å². The Balaban J connectivity index is 1.66. The second-order valence-electron chi connectivity index (χ2n) is 10.2. The highest BCUT2D eigenvalue weighted by molar-refractivity contribution is 6.38. The topological polar surface area (TPSA) is 81.0 Å². The van der Waals surface area contributed by atoms with Crippen molar-refractivity contribution in [2.75, 3.05) is 0 Å². The Bertz CT molecular complexity index is 1570. The summed E-state index contributed by atoms with van der Waals surface area (Å²) in [5, 5.41) is 4.75. The van der Waals surface area contributed by atoms with E-state index in [1.807, 2.05) is 12.4 Å². The summed E-state index contributed by atoms with van der Waals surface area (Å²) in [6.45, 7) is 8.75. The average molecular weight is 445 g/mol. The number of aromatic nitrogens is 2. The zero-order valence-corrected chi connectivity index (χ0v) is 19.6. The van der Waals surface area contributed by atoms with Gasteiger partial charge in [-0.15, -0.1) is 0 Å². The Kier molecular flexibility index (Phi) is 3.59. The third-order valence-electron chi connectivity index (χ3n) is 7.48. The number of benzene rings is 2. The lowest BCUT2D eigenvalue weighted by Crippen LogP contribution is -2.30. The lowest BCUT2D eigenvalue weighted by Gasteiger charge is -2.23. The van der Waals surface area contributed by atoms with Gasteiger partial charge in [0.1, 0.15) is 0 Å². The molecule has 2 aromatic heterocycles. The molecule has 0 unspecified atom stereocenters. The van der Waals surface area contributed by atoms with Crippen molar-refractivity contribution < 1.29 is 0 Å². The molecule has 166 valence electrons. The first-order valence-corrected chi connectivity index (χ1v) is 11.6. The summed E-state index contributed by atoms with van der Waals surface area (Å²) in [5.41, 5.74) is 5.39. The fourth-order valence-electron chi connectivity index (χ4n) is 5.40. The van der Waals surface area contributed by atoms with E-state index < -0.39 is 10.8 Å². The third kappa shape index (κ3) is 2.40. The van der Waals surface area contributed by atoms with Crippen LogP contribution in [0.4, 0.5) is 0 Å². The van der Waals surface area contributed by atoms with Gasteiger partial charge in [0.05, 0.1) is 35.2 Å². The second kappa shape index (κ2) is 6.29. The van der Waals surface area contributed by atoms with Gasteiger partial charge in [-0.25, -0.2) is 20.0 Å². The lowest BCUT2D eigenvalue weighted by molar-refractivity contribution is 0.705. The fraction of sp³-hybridized carbons (Fsp3) is 0.214. The highest BCUT2D eigenvalue weighted by atomic mass is 15.1. The summed E-state index contributed by atoms with van der Waals surface area (Å²) >= 11 is 0. The van der Waals surface area contributed by atoms with E-state index in [-0.39, 0.29) is 0 Å². The van der Waals surface area contributed by atoms with Crippen molar-refractivity contribution in [1.29, 1.82) is 0 Å². The van der Waals surface area contributed by atoms with Crippen LogP contribution in [0.2, 0.25) is 0 Å². The summed E-state index contributed by atoms with van der Waals surface area (Å²) < 4.78 is 0. The van der Waals surface area contributed by atoms with Crippen molar-refractivity contribution in [2.45, 2.75) is 38.5 Å². The van der Waals surface area contributed by atoms with Crippen LogP contribution in [-0.2, 0) is 10.8 Å². The number of nitrogens with zero attached hydrogens (tertiary/aromatic N) is 4. The fourth-order valence-corrected chi connectivity index (χ4v) is 5.40. The molecule has 8 bridgehead atoms. The van der Waals surface area contributed by atoms with E-state index in [0.717, 1.165) is 34.2 Å². The Hall–Kier alpha value is -4.06. The number of hydrogen-bond donors (Lipinski definition) is 2. The molecule has 7 rings (SSSR count). The van der Waals surface area contributed by atoms with Crippen LogP contribution in [0.1, 0.15) is 39.1 Å². The van der Waals surface area contributed by atoms with Crippen molar-refractivity contribution in [2.24, 2.45) is 20.0 Å². The largest absolute Gasteiger partial charge is 0.355 e. The number of aromatic amines is 2. The van der Waals surface area contributed by atoms with Crippen LogP contribution in [0.3, 0.4) is 0 Å². The molecule has 3 aliphatic rings. The van der Waals surface area contributed by atoms with E-state index in [4.69, 9.17) is 9.98 Å². The van der Waals surface area contributed by atoms with Gasteiger partial charge < -0.3 is 9.97 Å². The maximum Gasteiger partial charge on any atom is 0.198 e. The van der Waals surface area contributed by atoms with Gasteiger partial charge in [-0.05, 0) is 27.7 Å². The van der Waals surface area contributed by atoms with Gasteiger partial charge in [0.25, 0.3) is 0 Å². The molecule has 0 aliphatic carbocycles. The minimum Gasteiger partial charge on any atom is -0.355 e. The molecule has 0 fully saturated rings. The molecule has 0 spiro atoms. The average Bonchev–Trinajstić information content (AvgIpc) is 3.62. The molecule has 6 heteroatoms. The van der Waals surface area contributed by atoms with Crippen molar-refractivity contribution in [3.05, 3.63) is 71.6 Å². The number of aliphatic imine (C=N–C) groups is 4. The second-order valence-corrected chi connectivity index (χ2v) is 10.2. The molecule has 4 aromatic rings. The molecular weight excluding hydrogens is 420 g/mol. The zero-order chi connectivity index (χ0) is 23.2. The van der Waals surface area contributed by atoms with Crippen molar-refractivity contribution in [3.63, 3.8) is 0 Å². The maximum atomic E-state index is 4.89. The molecular formula is C28H24N6. The van der Waals surface area contributed by atoms with Crippen molar-refractivity contribution >= 4 is 45.4 Å². The first-order valence-electron chi connectivity index (χ1n) is 11.6. The Morgan fingerprint density at radius 3 is 1.35 bits per heavy atom. The number of rotatable bonds is 0. The first kappa shape index (κ1) is 19.4. The Morgan fingerprint density at radius 2 is 0.941 bits per heavy atom. The molecule has 0 amide bonds. The van der Waals surface area contributed by atoms with E-state index >= 15 is 0 Å². The Morgan fingerprint density at radius 1 is 0.559 bits per heavy atom. The molecule has 2 N–H and O–H groups in total. The van der Waals surface area contributed by atoms with Gasteiger partial charge in [-0.3, -0.25) is 0 Å². The van der Waals surface area contributed by atoms with Gasteiger partial charge in [0.2, 0.25) is 0 Å². The van der Waals surface area contributed by atoms with Gasteiger partial charge in [0.15, 0.2) is 11.6 Å². The number of nitrogens with one attached hydrogen (secondary N) is 2. The van der Waals surface area contributed by atoms with E-state index in [9.17, 15) is 0 Å². The lowest BCUT2D eigenvalue weighted by atomic mass is 9.82. The maximum absolute atomic E-state index is 4.89. The Labute approximate surface area is 197 Å². The SMILES string of the molecule is CC1(C)C2=NC(=C3N=CC(=N3)C(C)(C)c3[nH]c(c4ccccc34)-c3[nH]c1c1ccccc31)N=C2. The predicted octanol–water partition coefficient (Wildman–Crippen LogP) is 6.06. The summed E-state index contributed by atoms with van der Waals surface area (Å²) in [4.78, 5) is 26.6. The summed E-state index contributed by atoms with van der Waals surface area (Å²) in [6, 6.07) is 17.1. The monoisotopic (exact) mass is 444 g/mol. The van der Waals surface area contributed by atoms with E-state index in [1.165, 1.54) is 21.5 Å². The molecule has 5 heterocycles. The molecule has 6 nitrogen and oxygen atoms in total. The summed E-state index contributed by atoms with van der Waals surface area (Å²) in [6.07, 6.45) is 3.71. The summed E-state index contributed by atoms with van der Waals surface area (Å²) in [7, 11) is 0. The molecule has 0 saturated heterocycles. The molecule has 0 saturated carbocycles. The normalized spacial score (nSPS) is 19.6. The van der Waals surface area contributed by atoms with Gasteiger partial charge in [-0.1, -0.05) is 48.5 Å². The van der Waals surface area contributed by atoms with Gasteiger partial charge in [0, 0.05) is 43.8 Å². The highest BCUT2D eigenvalue weighted by Crippen LogP contribution is 2.43. The number of H-pyrrole nitrogens is 2. The van der Waals surface area contributed by atoms with Crippen LogP contribution < -0.4 is 0 Å². The van der Waals surface area contributed by atoms with Crippen LogP contribution >= 0.6 is 0 Å². The minimum atomic E-state index is -0.396. The molecule has 0 atom stereocenters. The number of hydrogen-bond acceptors (Lipinski definition) is 4. The van der Waals surface area contributed by atoms with Crippen LogP contribution in [0.5, 0.6) is 0 Å². The van der Waals surface area contributed by atoms with E-state index in [2.05, 4.69) is 96.2 Å². The predicted molar refractivity (Wildman–Crippen MR) is 141 cm³/mol. The summed E-state index contributed by atoms with van der Waals surface area (Å²) in [5.74, 6) is 1.13. The first-order chi connectivity index (χ1) is 16.4. The van der Waals surface area contributed by atoms with Crippen LogP contribution in [0.15, 0.2) is 80.1 Å². The molecule has 0 radical (unpaired) electrons. The van der Waals surface area contributed by atoms with Crippen LogP contribution in [-0.4, -0.2) is 33.8 Å². The molecule has 34 heavy (non-hydrogen) atoms. The standard InChI is InChI=1S/C28H24N6/c1-27(2)19-13-29-25(31-19)26-30-14-20(32-26)28(3,4)24-18-12-8-6-10-16(18)22(34-24)21-15-9-5-7-11-17(15)23(27)33-21/h5-14,33-34H,1-4H3. The number of fused-ring (bicyclic) bond motifs is 13. The highest BCUT2D eigenvalue weighted by Gasteiger charge is 2.37. The quantitative estimate of drug-likeness (QED) is 0.330. The zero-order valence-electron chi connectivity index (χ0n) is 19.6. The molecule has 2 aromatic carbocycles. The van der Waals surface area contributed by atoms with E-state index in [1.54, 1.807) is 0 Å². The van der Waals surface area contributed by atoms with Crippen molar-refractivity contribution in [1.82, 2.24) is 9.97 Å². The smallest absolute Gasteiger partial charge is 0.198 e. The van der Waals surface area contributed by atoms with E-state index in [0.29, 0.717) is 11.6 Å². The van der Waals surface area contributed by atoms with Crippen LogP contribution in [0, 0.1) is 0 Å². The van der Waals surface area contributed by atoms with Crippen LogP contribution in [0.25, 0.3) is 32.9 Å². The van der Waals surface area contributed by atoms with Gasteiger partial charge >= 0.3 is 0 Å². The molecule has 3 aliphatic heterocycles. The third-order valence-corrected chi connectivity index (χ3v) is 7.48. The minimum absolute atomic E-state index is 0.396.